The molecule has 0 saturated heterocycles. The predicted octanol–water partition coefficient (Wildman–Crippen LogP) is 4.96. The zero-order chi connectivity index (χ0) is 20.1. The van der Waals surface area contributed by atoms with E-state index in [2.05, 4.69) is 53.9 Å². The van der Waals surface area contributed by atoms with Gasteiger partial charge in [-0.15, -0.1) is 10.2 Å². The Hall–Kier alpha value is -2.07. The third-order valence-corrected chi connectivity index (χ3v) is 6.98. The molecule has 0 bridgehead atoms. The average molecular weight is 490 g/mol. The van der Waals surface area contributed by atoms with E-state index >= 15 is 0 Å². The number of nitrogens with zero attached hydrogens (tertiary/aromatic N) is 2. The first-order valence-electron chi connectivity index (χ1n) is 9.10. The summed E-state index contributed by atoms with van der Waals surface area (Å²) in [6.45, 7) is 1.17. The number of para-hydroxylation sites is 1. The summed E-state index contributed by atoms with van der Waals surface area (Å²) in [5, 5.41) is 27.2. The second kappa shape index (κ2) is 9.62. The van der Waals surface area contributed by atoms with Gasteiger partial charge in [0.15, 0.2) is 4.34 Å². The minimum absolute atomic E-state index is 0.477. The largest absolute Gasteiger partial charge is 0.390 e. The molecule has 0 saturated carbocycles. The van der Waals surface area contributed by atoms with Crippen molar-refractivity contribution in [3.63, 3.8) is 0 Å². The van der Waals surface area contributed by atoms with Gasteiger partial charge in [-0.05, 0) is 35.9 Å². The van der Waals surface area contributed by atoms with Crippen LogP contribution in [0.1, 0.15) is 5.56 Å². The van der Waals surface area contributed by atoms with Crippen molar-refractivity contribution >= 4 is 60.8 Å². The molecule has 6 nitrogen and oxygen atoms in total. The first-order valence-corrected chi connectivity index (χ1v) is 11.7. The summed E-state index contributed by atoms with van der Waals surface area (Å²) >= 11 is 6.43. The number of halogens is 1. The van der Waals surface area contributed by atoms with Crippen molar-refractivity contribution in [1.82, 2.24) is 15.2 Å². The molecule has 0 aliphatic carbocycles. The molecule has 0 unspecified atom stereocenters. The standard InChI is InChI=1S/C20H20BrN5OS2/c21-14-5-7-15(8-6-14)22-11-16(27)12-28-20-26-25-19(29-20)24-10-13-9-23-18-4-2-1-3-17(13)18/h1-9,16,22-23,27H,10-12H2,(H,24,25)/t16-/m0/s1. The van der Waals surface area contributed by atoms with E-state index in [1.807, 2.05) is 42.6 Å². The topological polar surface area (TPSA) is 85.9 Å². The van der Waals surface area contributed by atoms with Gasteiger partial charge in [0.1, 0.15) is 0 Å². The van der Waals surface area contributed by atoms with Gasteiger partial charge >= 0.3 is 0 Å². The summed E-state index contributed by atoms with van der Waals surface area (Å²) in [7, 11) is 0. The predicted molar refractivity (Wildman–Crippen MR) is 125 cm³/mol. The van der Waals surface area contributed by atoms with Crippen molar-refractivity contribution in [2.24, 2.45) is 0 Å². The Kier molecular flexibility index (Phi) is 6.70. The molecule has 4 N–H and O–H groups in total. The molecule has 0 fully saturated rings. The highest BCUT2D eigenvalue weighted by Gasteiger charge is 2.10. The smallest absolute Gasteiger partial charge is 0.206 e. The number of thioether (sulfide) groups is 1. The van der Waals surface area contributed by atoms with Crippen LogP contribution in [0.15, 0.2) is 63.5 Å². The normalized spacial score (nSPS) is 12.2. The molecule has 0 aliphatic rings. The molecule has 4 rings (SSSR count). The fourth-order valence-corrected chi connectivity index (χ4v) is 4.78. The Balaban J connectivity index is 1.23. The van der Waals surface area contributed by atoms with Crippen molar-refractivity contribution in [2.45, 2.75) is 17.0 Å². The van der Waals surface area contributed by atoms with Crippen molar-refractivity contribution < 1.29 is 5.11 Å². The van der Waals surface area contributed by atoms with Gasteiger partial charge in [0.25, 0.3) is 0 Å². The van der Waals surface area contributed by atoms with Crippen LogP contribution in [0, 0.1) is 0 Å². The van der Waals surface area contributed by atoms with Crippen LogP contribution >= 0.6 is 39.0 Å². The molecule has 9 heteroatoms. The maximum Gasteiger partial charge on any atom is 0.206 e. The number of aromatic amines is 1. The van der Waals surface area contributed by atoms with Crippen molar-refractivity contribution in [1.29, 1.82) is 0 Å². The Morgan fingerprint density at radius 2 is 1.93 bits per heavy atom. The van der Waals surface area contributed by atoms with Crippen LogP contribution < -0.4 is 10.6 Å². The van der Waals surface area contributed by atoms with Crippen LogP contribution in [0.4, 0.5) is 10.8 Å². The van der Waals surface area contributed by atoms with Gasteiger partial charge in [-0.3, -0.25) is 0 Å². The van der Waals surface area contributed by atoms with E-state index < -0.39 is 6.10 Å². The fraction of sp³-hybridized carbons (Fsp3) is 0.200. The molecule has 2 heterocycles. The zero-order valence-corrected chi connectivity index (χ0v) is 18.6. The third kappa shape index (κ3) is 5.51. The molecule has 150 valence electrons. The molecular formula is C20H20BrN5OS2. The van der Waals surface area contributed by atoms with E-state index in [0.29, 0.717) is 18.8 Å². The van der Waals surface area contributed by atoms with Gasteiger partial charge in [-0.1, -0.05) is 57.2 Å². The second-order valence-corrected chi connectivity index (χ2v) is 9.60. The molecule has 4 aromatic rings. The number of rotatable bonds is 9. The van der Waals surface area contributed by atoms with Crippen LogP contribution in [0.5, 0.6) is 0 Å². The Bertz CT molecular complexity index is 1070. The summed E-state index contributed by atoms with van der Waals surface area (Å²) < 4.78 is 1.87. The van der Waals surface area contributed by atoms with Crippen LogP contribution in [0.2, 0.25) is 0 Å². The van der Waals surface area contributed by atoms with Gasteiger partial charge in [0, 0.05) is 46.1 Å². The number of aliphatic hydroxyl groups excluding tert-OH is 1. The van der Waals surface area contributed by atoms with Crippen molar-refractivity contribution in [2.75, 3.05) is 22.9 Å². The summed E-state index contributed by atoms with van der Waals surface area (Å²) in [6, 6.07) is 16.1. The van der Waals surface area contributed by atoms with Crippen LogP contribution in [-0.2, 0) is 6.54 Å². The summed E-state index contributed by atoms with van der Waals surface area (Å²) in [4.78, 5) is 3.28. The molecule has 0 spiro atoms. The number of aromatic nitrogens is 3. The Morgan fingerprint density at radius 1 is 1.10 bits per heavy atom. The number of nitrogens with one attached hydrogen (secondary N) is 3. The van der Waals surface area contributed by atoms with E-state index in [9.17, 15) is 5.11 Å². The highest BCUT2D eigenvalue weighted by atomic mass is 79.9. The molecule has 0 amide bonds. The summed E-state index contributed by atoms with van der Waals surface area (Å²) in [5.74, 6) is 0.556. The van der Waals surface area contributed by atoms with Crippen molar-refractivity contribution in [3.8, 4) is 0 Å². The van der Waals surface area contributed by atoms with Crippen LogP contribution in [0.3, 0.4) is 0 Å². The monoisotopic (exact) mass is 489 g/mol. The number of fused-ring (bicyclic) bond motifs is 1. The van der Waals surface area contributed by atoms with Crippen LogP contribution in [-0.4, -0.2) is 38.7 Å². The minimum atomic E-state index is -0.477. The molecule has 2 aromatic heterocycles. The van der Waals surface area contributed by atoms with E-state index in [4.69, 9.17) is 0 Å². The molecule has 29 heavy (non-hydrogen) atoms. The van der Waals surface area contributed by atoms with Gasteiger partial charge in [-0.25, -0.2) is 0 Å². The van der Waals surface area contributed by atoms with Gasteiger partial charge in [0.05, 0.1) is 6.10 Å². The minimum Gasteiger partial charge on any atom is -0.390 e. The third-order valence-electron chi connectivity index (χ3n) is 4.30. The summed E-state index contributed by atoms with van der Waals surface area (Å²) in [6.07, 6.45) is 1.54. The molecule has 0 radical (unpaired) electrons. The maximum absolute atomic E-state index is 10.2. The van der Waals surface area contributed by atoms with E-state index in [0.717, 1.165) is 25.1 Å². The SMILES string of the molecule is O[C@@H](CNc1ccc(Br)cc1)CSc1nnc(NCc2c[nH]c3ccccc23)s1. The number of anilines is 2. The molecule has 1 atom stereocenters. The van der Waals surface area contributed by atoms with E-state index in [1.54, 1.807) is 0 Å². The number of hydrogen-bond acceptors (Lipinski definition) is 7. The Morgan fingerprint density at radius 3 is 2.79 bits per heavy atom. The number of hydrogen-bond donors (Lipinski definition) is 4. The summed E-state index contributed by atoms with van der Waals surface area (Å²) in [5.41, 5.74) is 3.31. The lowest BCUT2D eigenvalue weighted by Gasteiger charge is -2.11. The maximum atomic E-state index is 10.2. The Labute approximate surface area is 185 Å². The highest BCUT2D eigenvalue weighted by Crippen LogP contribution is 2.27. The lowest BCUT2D eigenvalue weighted by molar-refractivity contribution is 0.213. The number of aliphatic hydroxyl groups is 1. The average Bonchev–Trinajstić information content (AvgIpc) is 3.37. The number of benzene rings is 2. The van der Waals surface area contributed by atoms with Gasteiger partial charge in [-0.2, -0.15) is 0 Å². The second-order valence-electron chi connectivity index (χ2n) is 6.44. The van der Waals surface area contributed by atoms with Gasteiger partial charge in [0.2, 0.25) is 5.13 Å². The number of H-pyrrole nitrogens is 1. The highest BCUT2D eigenvalue weighted by molar-refractivity contribution is 9.10. The first-order chi connectivity index (χ1) is 14.2. The van der Waals surface area contributed by atoms with E-state index in [-0.39, 0.29) is 0 Å². The zero-order valence-electron chi connectivity index (χ0n) is 15.4. The molecule has 2 aromatic carbocycles. The lowest BCUT2D eigenvalue weighted by atomic mass is 10.2. The fourth-order valence-electron chi connectivity index (χ4n) is 2.82. The van der Waals surface area contributed by atoms with Crippen molar-refractivity contribution in [3.05, 3.63) is 64.8 Å². The quantitative estimate of drug-likeness (QED) is 0.248. The lowest BCUT2D eigenvalue weighted by Crippen LogP contribution is -2.21. The molecular weight excluding hydrogens is 470 g/mol. The first kappa shape index (κ1) is 20.2. The van der Waals surface area contributed by atoms with E-state index in [1.165, 1.54) is 34.0 Å². The molecule has 0 aliphatic heterocycles. The van der Waals surface area contributed by atoms with Crippen LogP contribution in [0.25, 0.3) is 10.9 Å². The van der Waals surface area contributed by atoms with Gasteiger partial charge < -0.3 is 20.7 Å².